The number of ether oxygens (including phenoxy) is 2. The monoisotopic (exact) mass is 456 g/mol. The SMILES string of the molecule is COc1cc(C(=O)N2CCN(c3ncccc3Cl)CC2)ccc1OCc1c(C)noc1C. The molecule has 0 atom stereocenters. The van der Waals surface area contributed by atoms with Crippen LogP contribution >= 0.6 is 11.6 Å². The van der Waals surface area contributed by atoms with E-state index in [1.165, 1.54) is 0 Å². The Bertz CT molecular complexity index is 1090. The Morgan fingerprint density at radius 3 is 2.59 bits per heavy atom. The van der Waals surface area contributed by atoms with Gasteiger partial charge in [-0.25, -0.2) is 4.98 Å². The second-order valence-corrected chi connectivity index (χ2v) is 7.95. The Labute approximate surface area is 191 Å². The molecule has 1 amide bonds. The van der Waals surface area contributed by atoms with Crippen molar-refractivity contribution < 1.29 is 18.8 Å². The van der Waals surface area contributed by atoms with Gasteiger partial charge in [0.2, 0.25) is 0 Å². The summed E-state index contributed by atoms with van der Waals surface area (Å²) in [5, 5.41) is 4.55. The fourth-order valence-corrected chi connectivity index (χ4v) is 3.93. The number of halogens is 1. The fourth-order valence-electron chi connectivity index (χ4n) is 3.69. The molecule has 0 unspecified atom stereocenters. The predicted octanol–water partition coefficient (Wildman–Crippen LogP) is 3.89. The number of hydrogen-bond acceptors (Lipinski definition) is 7. The number of aryl methyl sites for hydroxylation is 2. The quantitative estimate of drug-likeness (QED) is 0.556. The highest BCUT2D eigenvalue weighted by Gasteiger charge is 2.24. The van der Waals surface area contributed by atoms with Gasteiger partial charge in [-0.3, -0.25) is 4.79 Å². The Hall–Kier alpha value is -3.26. The molecule has 32 heavy (non-hydrogen) atoms. The lowest BCUT2D eigenvalue weighted by atomic mass is 10.1. The highest BCUT2D eigenvalue weighted by Crippen LogP contribution is 2.30. The topological polar surface area (TPSA) is 80.9 Å². The average Bonchev–Trinajstić information content (AvgIpc) is 3.14. The molecule has 1 aliphatic rings. The molecule has 1 aliphatic heterocycles. The van der Waals surface area contributed by atoms with E-state index in [9.17, 15) is 4.79 Å². The molecular weight excluding hydrogens is 432 g/mol. The number of nitrogens with zero attached hydrogens (tertiary/aromatic N) is 4. The van der Waals surface area contributed by atoms with Crippen LogP contribution in [-0.4, -0.2) is 54.2 Å². The molecule has 8 nitrogen and oxygen atoms in total. The minimum atomic E-state index is -0.0488. The van der Waals surface area contributed by atoms with Gasteiger partial charge in [-0.2, -0.15) is 0 Å². The third-order valence-electron chi connectivity index (χ3n) is 5.57. The second-order valence-electron chi connectivity index (χ2n) is 7.55. The highest BCUT2D eigenvalue weighted by molar-refractivity contribution is 6.32. The summed E-state index contributed by atoms with van der Waals surface area (Å²) in [5.74, 6) is 2.48. The van der Waals surface area contributed by atoms with Crippen LogP contribution in [0.5, 0.6) is 11.5 Å². The fraction of sp³-hybridized carbons (Fsp3) is 0.348. The first kappa shape index (κ1) is 22.0. The van der Waals surface area contributed by atoms with Gasteiger partial charge >= 0.3 is 0 Å². The summed E-state index contributed by atoms with van der Waals surface area (Å²) >= 11 is 6.26. The summed E-state index contributed by atoms with van der Waals surface area (Å²) in [6.45, 7) is 6.52. The van der Waals surface area contributed by atoms with Crippen LogP contribution in [0.2, 0.25) is 5.02 Å². The first-order valence-corrected chi connectivity index (χ1v) is 10.7. The van der Waals surface area contributed by atoms with Gasteiger partial charge in [-0.1, -0.05) is 16.8 Å². The molecule has 0 radical (unpaired) electrons. The Balaban J connectivity index is 1.41. The maximum absolute atomic E-state index is 13.1. The van der Waals surface area contributed by atoms with E-state index in [4.69, 9.17) is 25.6 Å². The molecule has 0 N–H and O–H groups in total. The molecule has 0 saturated carbocycles. The number of carbonyl (C=O) groups is 1. The van der Waals surface area contributed by atoms with Crippen LogP contribution in [-0.2, 0) is 6.61 Å². The van der Waals surface area contributed by atoms with Gasteiger partial charge in [0.1, 0.15) is 18.2 Å². The van der Waals surface area contributed by atoms with Crippen molar-refractivity contribution in [3.8, 4) is 11.5 Å². The maximum Gasteiger partial charge on any atom is 0.254 e. The number of rotatable bonds is 6. The third-order valence-corrected chi connectivity index (χ3v) is 5.86. The number of anilines is 1. The molecule has 0 bridgehead atoms. The van der Waals surface area contributed by atoms with Gasteiger partial charge in [0.05, 0.1) is 23.4 Å². The Morgan fingerprint density at radius 1 is 1.16 bits per heavy atom. The third kappa shape index (κ3) is 4.50. The van der Waals surface area contributed by atoms with Crippen LogP contribution in [0.1, 0.15) is 27.4 Å². The van der Waals surface area contributed by atoms with Crippen LogP contribution in [0.3, 0.4) is 0 Å². The minimum absolute atomic E-state index is 0.0488. The molecule has 3 aromatic rings. The van der Waals surface area contributed by atoms with Crippen molar-refractivity contribution in [2.24, 2.45) is 0 Å². The minimum Gasteiger partial charge on any atom is -0.493 e. The Kier molecular flexibility index (Phi) is 6.50. The van der Waals surface area contributed by atoms with Crippen molar-refractivity contribution in [2.45, 2.75) is 20.5 Å². The number of carbonyl (C=O) groups excluding carboxylic acids is 1. The first-order valence-electron chi connectivity index (χ1n) is 10.3. The number of benzene rings is 1. The van der Waals surface area contributed by atoms with Gasteiger partial charge < -0.3 is 23.8 Å². The van der Waals surface area contributed by atoms with Crippen molar-refractivity contribution >= 4 is 23.3 Å². The van der Waals surface area contributed by atoms with Crippen LogP contribution in [0.15, 0.2) is 41.1 Å². The molecule has 2 aromatic heterocycles. The molecule has 9 heteroatoms. The predicted molar refractivity (Wildman–Crippen MR) is 121 cm³/mol. The van der Waals surface area contributed by atoms with E-state index in [-0.39, 0.29) is 5.91 Å². The molecule has 3 heterocycles. The van der Waals surface area contributed by atoms with Crippen LogP contribution in [0, 0.1) is 13.8 Å². The number of methoxy groups -OCH3 is 1. The largest absolute Gasteiger partial charge is 0.493 e. The van der Waals surface area contributed by atoms with Gasteiger partial charge in [0.15, 0.2) is 11.5 Å². The zero-order chi connectivity index (χ0) is 22.7. The number of aromatic nitrogens is 2. The van der Waals surface area contributed by atoms with Crippen LogP contribution in [0.25, 0.3) is 0 Å². The molecule has 0 aliphatic carbocycles. The van der Waals surface area contributed by atoms with E-state index >= 15 is 0 Å². The van der Waals surface area contributed by atoms with Crippen molar-refractivity contribution in [2.75, 3.05) is 38.2 Å². The zero-order valence-electron chi connectivity index (χ0n) is 18.3. The smallest absolute Gasteiger partial charge is 0.254 e. The van der Waals surface area contributed by atoms with E-state index in [1.54, 1.807) is 37.6 Å². The lowest BCUT2D eigenvalue weighted by Crippen LogP contribution is -2.49. The summed E-state index contributed by atoms with van der Waals surface area (Å²) in [4.78, 5) is 21.4. The van der Waals surface area contributed by atoms with Gasteiger partial charge in [0, 0.05) is 37.9 Å². The summed E-state index contributed by atoms with van der Waals surface area (Å²) in [5.41, 5.74) is 2.24. The van der Waals surface area contributed by atoms with Gasteiger partial charge in [0.25, 0.3) is 5.91 Å². The van der Waals surface area contributed by atoms with E-state index in [2.05, 4.69) is 15.0 Å². The summed E-state index contributed by atoms with van der Waals surface area (Å²) in [6, 6.07) is 8.86. The van der Waals surface area contributed by atoms with E-state index in [0.717, 1.165) is 22.8 Å². The number of piperazine rings is 1. The van der Waals surface area contributed by atoms with Crippen LogP contribution < -0.4 is 14.4 Å². The van der Waals surface area contributed by atoms with E-state index in [1.807, 2.05) is 24.8 Å². The first-order chi connectivity index (χ1) is 15.5. The molecule has 1 fully saturated rings. The summed E-state index contributed by atoms with van der Waals surface area (Å²) < 4.78 is 16.6. The molecular formula is C23H25ClN4O4. The molecule has 1 aromatic carbocycles. The normalized spacial score (nSPS) is 13.9. The molecule has 4 rings (SSSR count). The summed E-state index contributed by atoms with van der Waals surface area (Å²) in [7, 11) is 1.56. The van der Waals surface area contributed by atoms with Crippen molar-refractivity contribution in [3.05, 3.63) is 64.1 Å². The maximum atomic E-state index is 13.1. The average molecular weight is 457 g/mol. The van der Waals surface area contributed by atoms with Crippen molar-refractivity contribution in [3.63, 3.8) is 0 Å². The molecule has 1 saturated heterocycles. The lowest BCUT2D eigenvalue weighted by molar-refractivity contribution is 0.0746. The zero-order valence-corrected chi connectivity index (χ0v) is 19.1. The number of amides is 1. The van der Waals surface area contributed by atoms with Crippen molar-refractivity contribution in [1.29, 1.82) is 0 Å². The lowest BCUT2D eigenvalue weighted by Gasteiger charge is -2.35. The number of hydrogen-bond donors (Lipinski definition) is 0. The highest BCUT2D eigenvalue weighted by atomic mass is 35.5. The Morgan fingerprint density at radius 2 is 1.94 bits per heavy atom. The number of pyridine rings is 1. The van der Waals surface area contributed by atoms with E-state index < -0.39 is 0 Å². The molecule has 168 valence electrons. The van der Waals surface area contributed by atoms with Gasteiger partial charge in [-0.05, 0) is 44.2 Å². The van der Waals surface area contributed by atoms with Crippen molar-refractivity contribution in [1.82, 2.24) is 15.0 Å². The van der Waals surface area contributed by atoms with Crippen LogP contribution in [0.4, 0.5) is 5.82 Å². The summed E-state index contributed by atoms with van der Waals surface area (Å²) in [6.07, 6.45) is 1.72. The second kappa shape index (κ2) is 9.48. The molecule has 0 spiro atoms. The van der Waals surface area contributed by atoms with Gasteiger partial charge in [-0.15, -0.1) is 0 Å². The standard InChI is InChI=1S/C23H25ClN4O4/c1-15-18(16(2)32-26-15)14-31-20-7-6-17(13-21(20)30-3)23(29)28-11-9-27(10-12-28)22-19(24)5-4-8-25-22/h4-8,13H,9-12,14H2,1-3H3. The van der Waals surface area contributed by atoms with E-state index in [0.29, 0.717) is 54.9 Å².